The maximum atomic E-state index is 14.0. The fourth-order valence-electron chi connectivity index (χ4n) is 4.55. The molecule has 8 nitrogen and oxygen atoms in total. The number of aliphatic hydroxyl groups is 1. The van der Waals surface area contributed by atoms with Crippen LogP contribution in [0.25, 0.3) is 0 Å². The molecule has 2 aromatic carbocycles. The number of hydrazine groups is 1. The Bertz CT molecular complexity index is 1300. The van der Waals surface area contributed by atoms with E-state index in [1.807, 2.05) is 13.8 Å². The summed E-state index contributed by atoms with van der Waals surface area (Å²) in [6, 6.07) is 6.70. The van der Waals surface area contributed by atoms with Crippen LogP contribution < -0.4 is 10.7 Å². The van der Waals surface area contributed by atoms with Crippen LogP contribution in [0.4, 0.5) is 8.78 Å². The number of hydrogen-bond donors (Lipinski definition) is 3. The largest absolute Gasteiger partial charge is 0.390 e. The number of amides is 3. The molecule has 0 aliphatic heterocycles. The molecule has 0 spiro atoms. The van der Waals surface area contributed by atoms with Crippen molar-refractivity contribution in [3.05, 3.63) is 70.3 Å². The van der Waals surface area contributed by atoms with E-state index in [4.69, 9.17) is 0 Å². The van der Waals surface area contributed by atoms with Crippen LogP contribution in [0, 0.1) is 29.4 Å². The Kier molecular flexibility index (Phi) is 14.3. The first-order chi connectivity index (χ1) is 20.4. The summed E-state index contributed by atoms with van der Waals surface area (Å²) in [7, 11) is 0. The highest BCUT2D eigenvalue weighted by Gasteiger charge is 2.27. The third kappa shape index (κ3) is 11.1. The molecule has 3 amide bonds. The molecule has 0 bridgehead atoms. The van der Waals surface area contributed by atoms with Crippen molar-refractivity contribution in [3.8, 4) is 11.8 Å². The molecule has 2 aromatic rings. The lowest BCUT2D eigenvalue weighted by Gasteiger charge is -2.30. The van der Waals surface area contributed by atoms with E-state index in [9.17, 15) is 28.3 Å². The summed E-state index contributed by atoms with van der Waals surface area (Å²) in [5, 5.41) is 15.6. The molecule has 43 heavy (non-hydrogen) atoms. The number of carbonyl (C=O) groups excluding carboxylic acids is 3. The molecule has 0 fully saturated rings. The Morgan fingerprint density at radius 1 is 0.930 bits per heavy atom. The zero-order valence-electron chi connectivity index (χ0n) is 26.0. The summed E-state index contributed by atoms with van der Waals surface area (Å²) in [5.41, 5.74) is 3.90. The Labute approximate surface area is 253 Å². The fourth-order valence-corrected chi connectivity index (χ4v) is 4.55. The molecule has 0 aromatic heterocycles. The van der Waals surface area contributed by atoms with E-state index in [1.54, 1.807) is 44.7 Å². The van der Waals surface area contributed by atoms with E-state index in [2.05, 4.69) is 22.6 Å². The van der Waals surface area contributed by atoms with Crippen LogP contribution in [0.3, 0.4) is 0 Å². The molecule has 3 N–H and O–H groups in total. The number of carbonyl (C=O) groups is 3. The van der Waals surface area contributed by atoms with Crippen LogP contribution in [-0.4, -0.2) is 71.1 Å². The van der Waals surface area contributed by atoms with Crippen LogP contribution in [0.15, 0.2) is 36.4 Å². The Morgan fingerprint density at radius 3 is 2.07 bits per heavy atom. The summed E-state index contributed by atoms with van der Waals surface area (Å²) < 4.78 is 28.0. The number of benzene rings is 2. The average molecular weight is 599 g/mol. The first-order valence-corrected chi connectivity index (χ1v) is 14.8. The number of likely N-dealkylation sites (N-methyl/N-ethyl adjacent to an activating group) is 1. The molecular formula is C33H44F2N4O4. The molecular weight excluding hydrogens is 554 g/mol. The van der Waals surface area contributed by atoms with Gasteiger partial charge < -0.3 is 15.3 Å². The van der Waals surface area contributed by atoms with E-state index in [1.165, 1.54) is 11.1 Å². The van der Waals surface area contributed by atoms with Gasteiger partial charge >= 0.3 is 0 Å². The quantitative estimate of drug-likeness (QED) is 0.210. The average Bonchev–Trinajstić information content (AvgIpc) is 2.95. The van der Waals surface area contributed by atoms with Crippen LogP contribution in [0.5, 0.6) is 0 Å². The minimum Gasteiger partial charge on any atom is -0.390 e. The van der Waals surface area contributed by atoms with Crippen LogP contribution in [0.1, 0.15) is 86.2 Å². The van der Waals surface area contributed by atoms with E-state index in [0.29, 0.717) is 30.8 Å². The van der Waals surface area contributed by atoms with Crippen LogP contribution in [0.2, 0.25) is 0 Å². The van der Waals surface area contributed by atoms with Gasteiger partial charge in [-0.2, -0.15) is 0 Å². The highest BCUT2D eigenvalue weighted by atomic mass is 19.1. The highest BCUT2D eigenvalue weighted by molar-refractivity contribution is 6.00. The number of rotatable bonds is 15. The zero-order valence-corrected chi connectivity index (χ0v) is 26.0. The standard InChI is InChI=1S/C33H44F2N4O4/c1-7-11-23-14-25(19-26(15-23)33(43)38(12-8-2)13-9-3)32(42)36-29(18-24-16-27(34)20-28(35)17-24)30(40)21-39(10-4)37-31(41)22(5)6/h14-17,19-20,22,29-30,40H,8-10,12-13,18,21H2,1-6H3,(H,36,42)(H,37,41). The third-order valence-corrected chi connectivity index (χ3v) is 6.73. The second-order valence-corrected chi connectivity index (χ2v) is 10.8. The molecule has 0 aliphatic carbocycles. The smallest absolute Gasteiger partial charge is 0.253 e. The molecule has 0 saturated heterocycles. The van der Waals surface area contributed by atoms with Crippen LogP contribution >= 0.6 is 0 Å². The summed E-state index contributed by atoms with van der Waals surface area (Å²) in [6.45, 7) is 12.3. The Balaban J connectivity index is 2.45. The van der Waals surface area contributed by atoms with Gasteiger partial charge in [0.25, 0.3) is 11.8 Å². The lowest BCUT2D eigenvalue weighted by atomic mass is 9.99. The van der Waals surface area contributed by atoms with E-state index >= 15 is 0 Å². The summed E-state index contributed by atoms with van der Waals surface area (Å²) in [4.78, 5) is 41.0. The predicted octanol–water partition coefficient (Wildman–Crippen LogP) is 4.31. The number of nitrogens with zero attached hydrogens (tertiary/aromatic N) is 2. The fraction of sp³-hybridized carbons (Fsp3) is 0.485. The van der Waals surface area contributed by atoms with Gasteiger partial charge in [-0.3, -0.25) is 19.8 Å². The maximum absolute atomic E-state index is 14.0. The van der Waals surface area contributed by atoms with Gasteiger partial charge in [0, 0.05) is 54.9 Å². The van der Waals surface area contributed by atoms with Gasteiger partial charge in [-0.05, 0) is 62.1 Å². The number of hydrogen-bond acceptors (Lipinski definition) is 5. The number of halogens is 2. The summed E-state index contributed by atoms with van der Waals surface area (Å²) >= 11 is 0. The van der Waals surface area contributed by atoms with Crippen molar-refractivity contribution in [1.29, 1.82) is 0 Å². The highest BCUT2D eigenvalue weighted by Crippen LogP contribution is 2.16. The molecule has 0 radical (unpaired) electrons. The van der Waals surface area contributed by atoms with Crippen molar-refractivity contribution in [2.75, 3.05) is 26.2 Å². The number of aliphatic hydroxyl groups excluding tert-OH is 1. The van der Waals surface area contributed by atoms with Gasteiger partial charge in [-0.1, -0.05) is 40.5 Å². The van der Waals surface area contributed by atoms with Crippen molar-refractivity contribution in [3.63, 3.8) is 0 Å². The molecule has 0 saturated carbocycles. The monoisotopic (exact) mass is 598 g/mol. The van der Waals surface area contributed by atoms with Crippen molar-refractivity contribution >= 4 is 17.7 Å². The molecule has 0 aliphatic rings. The van der Waals surface area contributed by atoms with E-state index < -0.39 is 29.7 Å². The van der Waals surface area contributed by atoms with Crippen molar-refractivity contribution in [2.24, 2.45) is 5.92 Å². The van der Waals surface area contributed by atoms with Gasteiger partial charge in [0.2, 0.25) is 5.91 Å². The SMILES string of the molecule is CC#Cc1cc(C(=O)NC(Cc2cc(F)cc(F)c2)C(O)CN(CC)NC(=O)C(C)C)cc(C(=O)N(CCC)CCC)c1. The van der Waals surface area contributed by atoms with Crippen LogP contribution in [-0.2, 0) is 11.2 Å². The second kappa shape index (κ2) is 17.3. The molecule has 2 unspecified atom stereocenters. The van der Waals surface area contributed by atoms with E-state index in [-0.39, 0.29) is 41.8 Å². The Hall–Kier alpha value is -3.81. The van der Waals surface area contributed by atoms with Gasteiger partial charge in [0.1, 0.15) is 11.6 Å². The molecule has 234 valence electrons. The van der Waals surface area contributed by atoms with Crippen molar-refractivity contribution in [1.82, 2.24) is 20.7 Å². The van der Waals surface area contributed by atoms with E-state index in [0.717, 1.165) is 31.0 Å². The topological polar surface area (TPSA) is 102 Å². The van der Waals surface area contributed by atoms with Gasteiger partial charge in [0.15, 0.2) is 0 Å². The summed E-state index contributed by atoms with van der Waals surface area (Å²) in [6.07, 6.45) is 0.213. The first kappa shape index (κ1) is 35.4. The normalized spacial score (nSPS) is 12.3. The summed E-state index contributed by atoms with van der Waals surface area (Å²) in [5.74, 6) is 2.78. The molecule has 2 rings (SSSR count). The molecule has 2 atom stereocenters. The minimum absolute atomic E-state index is 0.0637. The first-order valence-electron chi connectivity index (χ1n) is 14.8. The second-order valence-electron chi connectivity index (χ2n) is 10.8. The van der Waals surface area contributed by atoms with Gasteiger partial charge in [-0.15, -0.1) is 5.92 Å². The minimum atomic E-state index is -1.24. The predicted molar refractivity (Wildman–Crippen MR) is 163 cm³/mol. The number of nitrogens with one attached hydrogen (secondary N) is 2. The zero-order chi connectivity index (χ0) is 32.1. The Morgan fingerprint density at radius 2 is 1.53 bits per heavy atom. The molecule has 0 heterocycles. The molecule has 10 heteroatoms. The van der Waals surface area contributed by atoms with Crippen molar-refractivity contribution in [2.45, 2.75) is 73.0 Å². The van der Waals surface area contributed by atoms with Crippen molar-refractivity contribution < 1.29 is 28.3 Å². The third-order valence-electron chi connectivity index (χ3n) is 6.73. The lowest BCUT2D eigenvalue weighted by Crippen LogP contribution is -2.53. The van der Waals surface area contributed by atoms with Gasteiger partial charge in [-0.25, -0.2) is 13.8 Å². The lowest BCUT2D eigenvalue weighted by molar-refractivity contribution is -0.129. The van der Waals surface area contributed by atoms with Gasteiger partial charge in [0.05, 0.1) is 12.1 Å². The maximum Gasteiger partial charge on any atom is 0.253 e.